The Morgan fingerprint density at radius 1 is 1.59 bits per heavy atom. The maximum Gasteiger partial charge on any atom is 0.407 e. The molecule has 0 saturated heterocycles. The summed E-state index contributed by atoms with van der Waals surface area (Å²) in [5, 5.41) is 14.8. The van der Waals surface area contributed by atoms with Crippen molar-refractivity contribution in [1.82, 2.24) is 5.32 Å². The number of methoxy groups -OCH3 is 1. The van der Waals surface area contributed by atoms with Crippen LogP contribution in [0.5, 0.6) is 0 Å². The van der Waals surface area contributed by atoms with E-state index in [-0.39, 0.29) is 6.42 Å². The number of nitrogens with one attached hydrogen (secondary N) is 1. The molecule has 17 heavy (non-hydrogen) atoms. The second-order valence-corrected chi connectivity index (χ2v) is 4.22. The molecule has 1 rings (SSSR count). The fourth-order valence-electron chi connectivity index (χ4n) is 0.906. The van der Waals surface area contributed by atoms with Gasteiger partial charge in [-0.1, -0.05) is 0 Å². The Labute approximate surface area is 104 Å². The van der Waals surface area contributed by atoms with E-state index >= 15 is 0 Å². The monoisotopic (exact) mass is 259 g/mol. The number of amides is 1. The van der Waals surface area contributed by atoms with Gasteiger partial charge in [-0.3, -0.25) is 4.79 Å². The average Bonchev–Trinajstić information content (AvgIpc) is 2.68. The highest BCUT2D eigenvalue weighted by molar-refractivity contribution is 7.07. The van der Waals surface area contributed by atoms with Crippen molar-refractivity contribution in [3.05, 3.63) is 22.4 Å². The van der Waals surface area contributed by atoms with Crippen molar-refractivity contribution in [3.63, 3.8) is 0 Å². The number of rotatable bonds is 3. The minimum Gasteiger partial charge on any atom is -0.481 e. The molecule has 0 bridgehead atoms. The lowest BCUT2D eigenvalue weighted by atomic mass is 10.2. The fourth-order valence-corrected chi connectivity index (χ4v) is 1.57. The zero-order valence-electron chi connectivity index (χ0n) is 10.1. The molecule has 0 spiro atoms. The zero-order chi connectivity index (χ0) is 13.3. The predicted molar refractivity (Wildman–Crippen MR) is 66.3 cm³/mol. The second-order valence-electron chi connectivity index (χ2n) is 3.44. The van der Waals surface area contributed by atoms with Gasteiger partial charge in [0.15, 0.2) is 0 Å². The number of alkyl carbamates (subject to hydrolysis) is 1. The fraction of sp³-hybridized carbons (Fsp3) is 0.455. The molecule has 0 aliphatic heterocycles. The van der Waals surface area contributed by atoms with Gasteiger partial charge in [-0.05, 0) is 36.2 Å². The molecule has 0 saturated carbocycles. The Bertz CT molecular complexity index is 337. The number of carbonyl (C=O) groups is 2. The van der Waals surface area contributed by atoms with Crippen LogP contribution in [-0.2, 0) is 9.53 Å². The smallest absolute Gasteiger partial charge is 0.407 e. The number of carboxylic acids is 1. The van der Waals surface area contributed by atoms with Gasteiger partial charge in [0.05, 0.1) is 13.5 Å². The van der Waals surface area contributed by atoms with Gasteiger partial charge in [-0.2, -0.15) is 11.3 Å². The summed E-state index contributed by atoms with van der Waals surface area (Å²) in [6.07, 6.45) is -0.714. The summed E-state index contributed by atoms with van der Waals surface area (Å²) < 4.78 is 4.26. The highest BCUT2D eigenvalue weighted by atomic mass is 32.1. The summed E-state index contributed by atoms with van der Waals surface area (Å²) in [5.41, 5.74) is 1.36. The van der Waals surface area contributed by atoms with E-state index < -0.39 is 18.1 Å². The number of ether oxygens (including phenoxy) is 1. The van der Waals surface area contributed by atoms with Crippen LogP contribution in [0.4, 0.5) is 4.79 Å². The van der Waals surface area contributed by atoms with E-state index in [0.717, 1.165) is 0 Å². The molecule has 1 amide bonds. The standard InChI is InChI=1S/C6H11NO4.C5H6S/c1-4(3-5(8)9)7-6(10)11-2;1-5-2-3-6-4-5/h4H,3H2,1-2H3,(H,7,10)(H,8,9);2-4H,1H3. The van der Waals surface area contributed by atoms with Crippen LogP contribution < -0.4 is 5.32 Å². The van der Waals surface area contributed by atoms with E-state index in [1.807, 2.05) is 0 Å². The van der Waals surface area contributed by atoms with Crippen molar-refractivity contribution >= 4 is 23.4 Å². The summed E-state index contributed by atoms with van der Waals surface area (Å²) in [5.74, 6) is -0.950. The largest absolute Gasteiger partial charge is 0.481 e. The van der Waals surface area contributed by atoms with E-state index in [9.17, 15) is 9.59 Å². The number of aliphatic carboxylic acids is 1. The third kappa shape index (κ3) is 9.37. The lowest BCUT2D eigenvalue weighted by Crippen LogP contribution is -2.33. The summed E-state index contributed by atoms with van der Waals surface area (Å²) in [6, 6.07) is 1.70. The number of carbonyl (C=O) groups excluding carboxylic acids is 1. The normalized spacial score (nSPS) is 10.8. The quantitative estimate of drug-likeness (QED) is 0.873. The third-order valence-electron chi connectivity index (χ3n) is 1.69. The first-order valence-electron chi connectivity index (χ1n) is 5.00. The minimum absolute atomic E-state index is 0.102. The van der Waals surface area contributed by atoms with Gasteiger partial charge in [-0.25, -0.2) is 4.79 Å². The van der Waals surface area contributed by atoms with Crippen molar-refractivity contribution in [2.24, 2.45) is 0 Å². The molecule has 96 valence electrons. The van der Waals surface area contributed by atoms with E-state index in [4.69, 9.17) is 5.11 Å². The van der Waals surface area contributed by atoms with Crippen LogP contribution >= 0.6 is 11.3 Å². The molecule has 0 aliphatic rings. The number of hydrogen-bond acceptors (Lipinski definition) is 4. The molecule has 1 atom stereocenters. The Hall–Kier alpha value is -1.56. The first-order valence-corrected chi connectivity index (χ1v) is 5.95. The lowest BCUT2D eigenvalue weighted by molar-refractivity contribution is -0.137. The van der Waals surface area contributed by atoms with Crippen molar-refractivity contribution in [2.45, 2.75) is 26.3 Å². The molecule has 6 heteroatoms. The highest BCUT2D eigenvalue weighted by Gasteiger charge is 2.09. The molecule has 1 aromatic rings. The van der Waals surface area contributed by atoms with Gasteiger partial charge >= 0.3 is 12.1 Å². The maximum atomic E-state index is 10.5. The number of thiophene rings is 1. The Balaban J connectivity index is 0.000000354. The summed E-state index contributed by atoms with van der Waals surface area (Å²) in [6.45, 7) is 3.68. The average molecular weight is 259 g/mol. The van der Waals surface area contributed by atoms with E-state index in [0.29, 0.717) is 0 Å². The first kappa shape index (κ1) is 15.4. The molecule has 1 aromatic heterocycles. The van der Waals surface area contributed by atoms with Gasteiger partial charge in [0.1, 0.15) is 0 Å². The maximum absolute atomic E-state index is 10.5. The van der Waals surface area contributed by atoms with Crippen molar-refractivity contribution in [3.8, 4) is 0 Å². The summed E-state index contributed by atoms with van der Waals surface area (Å²) in [7, 11) is 1.23. The third-order valence-corrected chi connectivity index (χ3v) is 2.49. The van der Waals surface area contributed by atoms with Gasteiger partial charge < -0.3 is 15.2 Å². The predicted octanol–water partition coefficient (Wildman–Crippen LogP) is 2.26. The highest BCUT2D eigenvalue weighted by Crippen LogP contribution is 2.01. The van der Waals surface area contributed by atoms with Crippen LogP contribution in [0.1, 0.15) is 18.9 Å². The summed E-state index contributed by atoms with van der Waals surface area (Å²) >= 11 is 1.74. The molecule has 0 aliphatic carbocycles. The van der Waals surface area contributed by atoms with Crippen molar-refractivity contribution in [1.29, 1.82) is 0 Å². The summed E-state index contributed by atoms with van der Waals surface area (Å²) in [4.78, 5) is 20.6. The molecule has 0 radical (unpaired) electrons. The molecular weight excluding hydrogens is 242 g/mol. The van der Waals surface area contributed by atoms with Gasteiger partial charge in [-0.15, -0.1) is 0 Å². The Kier molecular flexibility index (Phi) is 7.79. The van der Waals surface area contributed by atoms with Crippen LogP contribution in [0.3, 0.4) is 0 Å². The first-order chi connectivity index (χ1) is 7.95. The molecule has 0 fully saturated rings. The zero-order valence-corrected chi connectivity index (χ0v) is 10.9. The molecular formula is C11H17NO4S. The van der Waals surface area contributed by atoms with Crippen LogP contribution in [0, 0.1) is 6.92 Å². The van der Waals surface area contributed by atoms with Gasteiger partial charge in [0.25, 0.3) is 0 Å². The second kappa shape index (κ2) is 8.58. The number of hydrogen-bond donors (Lipinski definition) is 2. The van der Waals surface area contributed by atoms with Crippen LogP contribution in [-0.4, -0.2) is 30.3 Å². The van der Waals surface area contributed by atoms with Gasteiger partial charge in [0.2, 0.25) is 0 Å². The minimum atomic E-state index is -0.950. The number of carboxylic acid groups (broad SMARTS) is 1. The SMILES string of the molecule is COC(=O)NC(C)CC(=O)O.Cc1ccsc1. The molecule has 2 N–H and O–H groups in total. The molecule has 0 aromatic carbocycles. The van der Waals surface area contributed by atoms with E-state index in [2.05, 4.69) is 33.8 Å². The van der Waals surface area contributed by atoms with Crippen LogP contribution in [0.15, 0.2) is 16.8 Å². The van der Waals surface area contributed by atoms with Crippen LogP contribution in [0.2, 0.25) is 0 Å². The van der Waals surface area contributed by atoms with E-state index in [1.165, 1.54) is 12.7 Å². The lowest BCUT2D eigenvalue weighted by Gasteiger charge is -2.09. The van der Waals surface area contributed by atoms with Crippen molar-refractivity contribution in [2.75, 3.05) is 7.11 Å². The number of aryl methyl sites for hydroxylation is 1. The molecule has 1 unspecified atom stereocenters. The van der Waals surface area contributed by atoms with Crippen molar-refractivity contribution < 1.29 is 19.4 Å². The van der Waals surface area contributed by atoms with Gasteiger partial charge in [0, 0.05) is 6.04 Å². The Morgan fingerprint density at radius 3 is 2.53 bits per heavy atom. The Morgan fingerprint density at radius 2 is 2.24 bits per heavy atom. The van der Waals surface area contributed by atoms with E-state index in [1.54, 1.807) is 18.3 Å². The van der Waals surface area contributed by atoms with Crippen LogP contribution in [0.25, 0.3) is 0 Å². The molecule has 1 heterocycles. The molecule has 5 nitrogen and oxygen atoms in total. The topological polar surface area (TPSA) is 75.6 Å².